The van der Waals surface area contributed by atoms with Crippen LogP contribution in [0.1, 0.15) is 11.1 Å². The molecule has 2 aromatic carbocycles. The molecule has 0 aliphatic heterocycles. The van der Waals surface area contributed by atoms with Gasteiger partial charge in [-0.15, -0.1) is 45.3 Å². The molecule has 0 unspecified atom stereocenters. The van der Waals surface area contributed by atoms with Crippen molar-refractivity contribution in [3.8, 4) is 19.5 Å². The maximum absolute atomic E-state index is 6.33. The summed E-state index contributed by atoms with van der Waals surface area (Å²) in [5, 5.41) is 2.42. The van der Waals surface area contributed by atoms with Gasteiger partial charge < -0.3 is 8.83 Å². The van der Waals surface area contributed by atoms with E-state index in [4.69, 9.17) is 8.83 Å². The summed E-state index contributed by atoms with van der Waals surface area (Å²) in [6.07, 6.45) is 0. The average molecular weight is 1020 g/mol. The Kier molecular flexibility index (Phi) is 6.26. The van der Waals surface area contributed by atoms with Crippen molar-refractivity contribution < 1.29 is 8.83 Å². The van der Waals surface area contributed by atoms with Gasteiger partial charge in [0.2, 0.25) is 0 Å². The summed E-state index contributed by atoms with van der Waals surface area (Å²) in [4.78, 5) is 5.35. The number of hydrogen-bond donors (Lipinski definition) is 0. The monoisotopic (exact) mass is 1020 g/mol. The molecule has 0 N–H and O–H groups in total. The largest absolute Gasteiger partial charge is 0.454 e. The first-order valence-corrected chi connectivity index (χ1v) is 19.0. The van der Waals surface area contributed by atoms with Crippen LogP contribution in [0.15, 0.2) is 45.2 Å². The predicted octanol–water partition coefficient (Wildman–Crippen LogP) is 13.3. The molecule has 8 aromatic rings. The molecule has 0 aliphatic carbocycles. The van der Waals surface area contributed by atoms with E-state index in [0.29, 0.717) is 0 Å². The van der Waals surface area contributed by atoms with Gasteiger partial charge in [-0.2, -0.15) is 0 Å². The van der Waals surface area contributed by atoms with E-state index in [1.165, 1.54) is 74.5 Å². The van der Waals surface area contributed by atoms with Crippen molar-refractivity contribution in [3.05, 3.63) is 61.8 Å². The van der Waals surface area contributed by atoms with Gasteiger partial charge in [-0.25, -0.2) is 0 Å². The highest BCUT2D eigenvalue weighted by Crippen LogP contribution is 2.55. The molecule has 0 fully saturated rings. The number of aryl methyl sites for hydroxylation is 2. The third-order valence-corrected chi connectivity index (χ3v) is 18.3. The van der Waals surface area contributed by atoms with E-state index in [0.717, 1.165) is 22.3 Å². The number of thiophene rings is 4. The Morgan fingerprint density at radius 1 is 0.500 bits per heavy atom. The van der Waals surface area contributed by atoms with E-state index < -0.39 is 0 Å². The minimum absolute atomic E-state index is 0.982. The van der Waals surface area contributed by atoms with E-state index in [1.807, 2.05) is 45.3 Å². The third kappa shape index (κ3) is 3.65. The zero-order valence-electron chi connectivity index (χ0n) is 19.4. The minimum atomic E-state index is 0.982. The highest BCUT2D eigenvalue weighted by atomic mass is 127. The molecule has 0 bridgehead atoms. The molecule has 8 rings (SSSR count). The summed E-state index contributed by atoms with van der Waals surface area (Å²) < 4.78 is 23.0. The Bertz CT molecular complexity index is 2110. The van der Waals surface area contributed by atoms with Crippen molar-refractivity contribution in [1.82, 2.24) is 0 Å². The van der Waals surface area contributed by atoms with Crippen LogP contribution in [0, 0.1) is 28.1 Å². The molecule has 6 aromatic heterocycles. The van der Waals surface area contributed by atoms with Crippen LogP contribution in [-0.2, 0) is 0 Å². The fourth-order valence-corrected chi connectivity index (χ4v) is 15.7. The quantitative estimate of drug-likeness (QED) is 0.161. The summed E-state index contributed by atoms with van der Waals surface area (Å²) >= 11 is 17.6. The fraction of sp³-hybridized carbons (Fsp3) is 0.0714. The summed E-state index contributed by atoms with van der Waals surface area (Å²) in [6, 6.07) is 13.0. The average Bonchev–Trinajstić information content (AvgIpc) is 3.69. The SMILES string of the molecule is Cc1ccc2c(c1)oc1c(I)c(-c3sc4c(I)c(-c5sc6c(oc7cc(C)ccc76)c5I)sc4c3I)sc12. The van der Waals surface area contributed by atoms with Crippen molar-refractivity contribution in [3.63, 3.8) is 0 Å². The molecule has 0 atom stereocenters. The Morgan fingerprint density at radius 3 is 1.29 bits per heavy atom. The van der Waals surface area contributed by atoms with Gasteiger partial charge in [0.05, 0.1) is 52.6 Å². The van der Waals surface area contributed by atoms with Crippen LogP contribution < -0.4 is 0 Å². The highest BCUT2D eigenvalue weighted by Gasteiger charge is 2.27. The first-order valence-electron chi connectivity index (χ1n) is 11.4. The molecule has 0 saturated heterocycles. The molecule has 10 heteroatoms. The van der Waals surface area contributed by atoms with Crippen molar-refractivity contribution in [1.29, 1.82) is 0 Å². The summed E-state index contributed by atoms with van der Waals surface area (Å²) in [7, 11) is 0. The molecule has 0 aliphatic rings. The Hall–Kier alpha value is 0.0200. The van der Waals surface area contributed by atoms with Crippen molar-refractivity contribution in [2.45, 2.75) is 13.8 Å². The van der Waals surface area contributed by atoms with Gasteiger partial charge in [0, 0.05) is 10.8 Å². The number of hydrogen-bond acceptors (Lipinski definition) is 6. The van der Waals surface area contributed by atoms with Gasteiger partial charge in [0.1, 0.15) is 11.2 Å². The standard InChI is InChI=1S/C28H12I4O2S4/c1-9-3-5-11-13(7-9)33-19-15(29)23(35-21(11)19)25-17(31)27-28(37-25)18(32)26(38-27)24-16(30)20-22(36-24)12-6-4-10(2)8-14(12)34-20/h3-8H,1-2H3. The van der Waals surface area contributed by atoms with Crippen LogP contribution in [-0.4, -0.2) is 0 Å². The lowest BCUT2D eigenvalue weighted by molar-refractivity contribution is 0.667. The van der Waals surface area contributed by atoms with Gasteiger partial charge >= 0.3 is 0 Å². The first-order chi connectivity index (χ1) is 18.3. The Balaban J connectivity index is 1.28. The Morgan fingerprint density at radius 2 is 0.868 bits per heavy atom. The van der Waals surface area contributed by atoms with Crippen molar-refractivity contribution in [2.75, 3.05) is 0 Å². The first kappa shape index (κ1) is 25.7. The molecule has 0 saturated carbocycles. The molecule has 0 radical (unpaired) electrons. The van der Waals surface area contributed by atoms with E-state index >= 15 is 0 Å². The second-order valence-electron chi connectivity index (χ2n) is 9.16. The lowest BCUT2D eigenvalue weighted by Gasteiger charge is -1.99. The molecule has 0 spiro atoms. The van der Waals surface area contributed by atoms with Crippen LogP contribution >= 0.6 is 136 Å². The second-order valence-corrected chi connectivity index (χ2v) is 17.6. The molecule has 2 nitrogen and oxygen atoms in total. The highest BCUT2D eigenvalue weighted by molar-refractivity contribution is 14.1. The second kappa shape index (κ2) is 9.26. The van der Waals surface area contributed by atoms with E-state index in [1.54, 1.807) is 0 Å². The fourth-order valence-electron chi connectivity index (χ4n) is 4.82. The lowest BCUT2D eigenvalue weighted by atomic mass is 10.2. The van der Waals surface area contributed by atoms with Gasteiger partial charge in [-0.05, 0) is 140 Å². The van der Waals surface area contributed by atoms with Crippen molar-refractivity contribution >= 4 is 188 Å². The predicted molar refractivity (Wildman–Crippen MR) is 201 cm³/mol. The Labute approximate surface area is 287 Å². The molecule has 0 amide bonds. The van der Waals surface area contributed by atoms with Gasteiger partial charge in [-0.3, -0.25) is 0 Å². The van der Waals surface area contributed by atoms with Crippen LogP contribution in [0.25, 0.3) is 71.4 Å². The van der Waals surface area contributed by atoms with Gasteiger partial charge in [0.25, 0.3) is 0 Å². The van der Waals surface area contributed by atoms with Crippen molar-refractivity contribution in [2.24, 2.45) is 0 Å². The smallest absolute Gasteiger partial charge is 0.160 e. The summed E-state index contributed by atoms with van der Waals surface area (Å²) in [5.74, 6) is 0. The molecular weight excluding hydrogens is 1000 g/mol. The number of fused-ring (bicyclic) bond motifs is 7. The van der Waals surface area contributed by atoms with E-state index in [-0.39, 0.29) is 0 Å². The number of benzene rings is 2. The molecular formula is C28H12I4O2S4. The topological polar surface area (TPSA) is 26.3 Å². The van der Waals surface area contributed by atoms with Crippen LogP contribution in [0.3, 0.4) is 0 Å². The zero-order chi connectivity index (χ0) is 26.0. The lowest BCUT2D eigenvalue weighted by Crippen LogP contribution is -1.75. The maximum atomic E-state index is 6.33. The maximum Gasteiger partial charge on any atom is 0.160 e. The van der Waals surface area contributed by atoms with Crippen LogP contribution in [0.2, 0.25) is 0 Å². The van der Waals surface area contributed by atoms with Gasteiger partial charge in [-0.1, -0.05) is 12.1 Å². The number of furan rings is 2. The number of halogens is 4. The summed E-state index contributed by atoms with van der Waals surface area (Å²) in [5.41, 5.74) is 6.46. The normalized spacial score (nSPS) is 12.5. The van der Waals surface area contributed by atoms with E-state index in [2.05, 4.69) is 141 Å². The zero-order valence-corrected chi connectivity index (χ0v) is 31.3. The summed E-state index contributed by atoms with van der Waals surface area (Å²) in [6.45, 7) is 4.22. The van der Waals surface area contributed by atoms with Crippen LogP contribution in [0.5, 0.6) is 0 Å². The molecule has 6 heterocycles. The van der Waals surface area contributed by atoms with Gasteiger partial charge in [0.15, 0.2) is 11.2 Å². The number of rotatable bonds is 2. The van der Waals surface area contributed by atoms with E-state index in [9.17, 15) is 0 Å². The molecule has 38 heavy (non-hydrogen) atoms. The third-order valence-electron chi connectivity index (χ3n) is 6.63. The minimum Gasteiger partial charge on any atom is -0.454 e. The molecule has 188 valence electrons. The van der Waals surface area contributed by atoms with Crippen LogP contribution in [0.4, 0.5) is 0 Å².